The fourth-order valence-electron chi connectivity index (χ4n) is 0.683. The SMILES string of the molecule is C=C(C)CNCCC(N)C(=O)O. The lowest BCUT2D eigenvalue weighted by Crippen LogP contribution is -2.33. The Morgan fingerprint density at radius 3 is 2.75 bits per heavy atom. The topological polar surface area (TPSA) is 75.3 Å². The van der Waals surface area contributed by atoms with Gasteiger partial charge < -0.3 is 16.2 Å². The monoisotopic (exact) mass is 172 g/mol. The van der Waals surface area contributed by atoms with E-state index in [-0.39, 0.29) is 0 Å². The van der Waals surface area contributed by atoms with Crippen LogP contribution in [-0.2, 0) is 4.79 Å². The lowest BCUT2D eigenvalue weighted by atomic mass is 10.2. The van der Waals surface area contributed by atoms with Crippen LogP contribution in [0.4, 0.5) is 0 Å². The molecule has 0 saturated carbocycles. The predicted molar refractivity (Wildman–Crippen MR) is 47.9 cm³/mol. The molecule has 0 saturated heterocycles. The normalized spacial score (nSPS) is 12.5. The van der Waals surface area contributed by atoms with Crippen LogP contribution in [0.3, 0.4) is 0 Å². The minimum absolute atomic E-state index is 0.447. The number of aliphatic carboxylic acids is 1. The molecule has 0 aromatic heterocycles. The van der Waals surface area contributed by atoms with Crippen molar-refractivity contribution in [1.29, 1.82) is 0 Å². The van der Waals surface area contributed by atoms with Gasteiger partial charge in [0.25, 0.3) is 0 Å². The molecule has 4 heteroatoms. The standard InChI is InChI=1S/C8H16N2O2/c1-6(2)5-10-4-3-7(9)8(11)12/h7,10H,1,3-5,9H2,2H3,(H,11,12). The number of nitrogens with one attached hydrogen (secondary N) is 1. The lowest BCUT2D eigenvalue weighted by molar-refractivity contribution is -0.138. The first-order valence-corrected chi connectivity index (χ1v) is 3.87. The van der Waals surface area contributed by atoms with E-state index in [4.69, 9.17) is 10.8 Å². The maximum absolute atomic E-state index is 10.3. The minimum atomic E-state index is -0.952. The number of carboxylic acid groups (broad SMARTS) is 1. The van der Waals surface area contributed by atoms with Gasteiger partial charge in [-0.3, -0.25) is 4.79 Å². The van der Waals surface area contributed by atoms with Gasteiger partial charge in [-0.1, -0.05) is 12.2 Å². The first-order chi connectivity index (χ1) is 5.54. The molecule has 0 rings (SSSR count). The number of rotatable bonds is 6. The van der Waals surface area contributed by atoms with Crippen molar-refractivity contribution in [1.82, 2.24) is 5.32 Å². The largest absolute Gasteiger partial charge is 0.480 e. The summed E-state index contributed by atoms with van der Waals surface area (Å²) in [5, 5.41) is 11.4. The molecule has 0 radical (unpaired) electrons. The molecular weight excluding hydrogens is 156 g/mol. The van der Waals surface area contributed by atoms with E-state index in [2.05, 4.69) is 11.9 Å². The fourth-order valence-corrected chi connectivity index (χ4v) is 0.683. The van der Waals surface area contributed by atoms with Crippen molar-refractivity contribution in [3.05, 3.63) is 12.2 Å². The zero-order valence-corrected chi connectivity index (χ0v) is 7.34. The molecule has 0 fully saturated rings. The zero-order valence-electron chi connectivity index (χ0n) is 7.34. The summed E-state index contributed by atoms with van der Waals surface area (Å²) in [5.74, 6) is -0.952. The smallest absolute Gasteiger partial charge is 0.320 e. The quantitative estimate of drug-likeness (QED) is 0.388. The Morgan fingerprint density at radius 2 is 2.33 bits per heavy atom. The van der Waals surface area contributed by atoms with Crippen LogP contribution in [0.2, 0.25) is 0 Å². The first kappa shape index (κ1) is 11.1. The van der Waals surface area contributed by atoms with Crippen LogP contribution in [0.25, 0.3) is 0 Å². The van der Waals surface area contributed by atoms with Crippen LogP contribution in [0, 0.1) is 0 Å². The Bertz CT molecular complexity index is 168. The van der Waals surface area contributed by atoms with E-state index in [1.54, 1.807) is 0 Å². The van der Waals surface area contributed by atoms with Gasteiger partial charge in [-0.25, -0.2) is 0 Å². The van der Waals surface area contributed by atoms with E-state index in [9.17, 15) is 4.79 Å². The molecule has 0 aliphatic carbocycles. The molecule has 0 aromatic carbocycles. The molecule has 4 nitrogen and oxygen atoms in total. The Balaban J connectivity index is 3.31. The summed E-state index contributed by atoms with van der Waals surface area (Å²) >= 11 is 0. The van der Waals surface area contributed by atoms with Crippen molar-refractivity contribution < 1.29 is 9.90 Å². The van der Waals surface area contributed by atoms with Crippen LogP contribution in [0.5, 0.6) is 0 Å². The third kappa shape index (κ3) is 5.88. The maximum Gasteiger partial charge on any atom is 0.320 e. The van der Waals surface area contributed by atoms with Crippen LogP contribution >= 0.6 is 0 Å². The van der Waals surface area contributed by atoms with Gasteiger partial charge in [-0.15, -0.1) is 0 Å². The Labute approximate surface area is 72.4 Å². The second kappa shape index (κ2) is 5.74. The van der Waals surface area contributed by atoms with Crippen molar-refractivity contribution in [2.75, 3.05) is 13.1 Å². The van der Waals surface area contributed by atoms with Gasteiger partial charge in [0.2, 0.25) is 0 Å². The van der Waals surface area contributed by atoms with Crippen molar-refractivity contribution in [3.8, 4) is 0 Å². The van der Waals surface area contributed by atoms with E-state index in [0.717, 1.165) is 5.57 Å². The van der Waals surface area contributed by atoms with Gasteiger partial charge in [0.15, 0.2) is 0 Å². The molecular formula is C8H16N2O2. The summed E-state index contributed by atoms with van der Waals surface area (Å²) in [5.41, 5.74) is 6.30. The second-order valence-corrected chi connectivity index (χ2v) is 2.87. The highest BCUT2D eigenvalue weighted by molar-refractivity contribution is 5.72. The van der Waals surface area contributed by atoms with E-state index >= 15 is 0 Å². The highest BCUT2D eigenvalue weighted by atomic mass is 16.4. The fraction of sp³-hybridized carbons (Fsp3) is 0.625. The van der Waals surface area contributed by atoms with Gasteiger partial charge in [0, 0.05) is 6.54 Å². The summed E-state index contributed by atoms with van der Waals surface area (Å²) in [7, 11) is 0. The van der Waals surface area contributed by atoms with Crippen LogP contribution in [-0.4, -0.2) is 30.2 Å². The van der Waals surface area contributed by atoms with Crippen LogP contribution < -0.4 is 11.1 Å². The van der Waals surface area contributed by atoms with Gasteiger partial charge in [0.1, 0.15) is 6.04 Å². The molecule has 0 aromatic rings. The van der Waals surface area contributed by atoms with E-state index in [1.807, 2.05) is 6.92 Å². The third-order valence-electron chi connectivity index (χ3n) is 1.38. The molecule has 0 spiro atoms. The van der Waals surface area contributed by atoms with Gasteiger partial charge in [-0.05, 0) is 19.9 Å². The molecule has 0 heterocycles. The number of carbonyl (C=O) groups is 1. The van der Waals surface area contributed by atoms with Crippen LogP contribution in [0.1, 0.15) is 13.3 Å². The minimum Gasteiger partial charge on any atom is -0.480 e. The van der Waals surface area contributed by atoms with E-state index < -0.39 is 12.0 Å². The molecule has 0 aliphatic heterocycles. The van der Waals surface area contributed by atoms with Gasteiger partial charge in [0.05, 0.1) is 0 Å². The molecule has 1 atom stereocenters. The molecule has 0 bridgehead atoms. The summed E-state index contributed by atoms with van der Waals surface area (Å²) in [6.07, 6.45) is 0.447. The third-order valence-corrected chi connectivity index (χ3v) is 1.38. The number of hydrogen-bond donors (Lipinski definition) is 3. The second-order valence-electron chi connectivity index (χ2n) is 2.87. The molecule has 4 N–H and O–H groups in total. The van der Waals surface area contributed by atoms with Gasteiger partial charge in [-0.2, -0.15) is 0 Å². The highest BCUT2D eigenvalue weighted by Gasteiger charge is 2.09. The number of carboxylic acids is 1. The summed E-state index contributed by atoms with van der Waals surface area (Å²) in [4.78, 5) is 10.3. The molecule has 1 unspecified atom stereocenters. The predicted octanol–water partition coefficient (Wildman–Crippen LogP) is -0.0459. The average Bonchev–Trinajstić information content (AvgIpc) is 1.97. The average molecular weight is 172 g/mol. The summed E-state index contributed by atoms with van der Waals surface area (Å²) in [6, 6.07) is -0.761. The molecule has 0 amide bonds. The Hall–Kier alpha value is -0.870. The number of hydrogen-bond acceptors (Lipinski definition) is 3. The van der Waals surface area contributed by atoms with Gasteiger partial charge >= 0.3 is 5.97 Å². The van der Waals surface area contributed by atoms with E-state index in [1.165, 1.54) is 0 Å². The van der Waals surface area contributed by atoms with Crippen LogP contribution in [0.15, 0.2) is 12.2 Å². The van der Waals surface area contributed by atoms with E-state index in [0.29, 0.717) is 19.5 Å². The van der Waals surface area contributed by atoms with Crippen molar-refractivity contribution in [2.24, 2.45) is 5.73 Å². The molecule has 70 valence electrons. The zero-order chi connectivity index (χ0) is 9.56. The molecule has 0 aliphatic rings. The highest BCUT2D eigenvalue weighted by Crippen LogP contribution is 1.87. The molecule has 12 heavy (non-hydrogen) atoms. The summed E-state index contributed by atoms with van der Waals surface area (Å²) < 4.78 is 0. The lowest BCUT2D eigenvalue weighted by Gasteiger charge is -2.06. The summed E-state index contributed by atoms with van der Waals surface area (Å²) in [6.45, 7) is 6.93. The van der Waals surface area contributed by atoms with Crippen molar-refractivity contribution in [3.63, 3.8) is 0 Å². The van der Waals surface area contributed by atoms with Crippen molar-refractivity contribution >= 4 is 5.97 Å². The Kier molecular flexibility index (Phi) is 5.32. The number of nitrogens with two attached hydrogens (primary N) is 1. The maximum atomic E-state index is 10.3. The van der Waals surface area contributed by atoms with Crippen molar-refractivity contribution in [2.45, 2.75) is 19.4 Å². The first-order valence-electron chi connectivity index (χ1n) is 3.87. The Morgan fingerprint density at radius 1 is 1.75 bits per heavy atom.